The first kappa shape index (κ1) is 28.2. The van der Waals surface area contributed by atoms with Crippen molar-refractivity contribution in [3.63, 3.8) is 0 Å². The molecular formula is C22H36N4O6S. The number of aliphatic imine (C=N–C) groups is 1. The SMILES string of the molecule is CCCCNC(=NCCC[C@H](NC(=O)OC(C)(C)C)C(=O)O)NS(=O)(=O)c1ccc(C)cc1. The molecule has 0 aliphatic carbocycles. The van der Waals surface area contributed by atoms with Crippen molar-refractivity contribution in [2.24, 2.45) is 4.99 Å². The number of carbonyl (C=O) groups is 2. The van der Waals surface area contributed by atoms with Crippen molar-refractivity contribution in [3.8, 4) is 0 Å². The van der Waals surface area contributed by atoms with Gasteiger partial charge in [-0.25, -0.2) is 22.7 Å². The molecule has 0 bridgehead atoms. The normalized spacial score (nSPS) is 13.2. The number of guanidine groups is 1. The number of carboxylic acids is 1. The average molecular weight is 485 g/mol. The summed E-state index contributed by atoms with van der Waals surface area (Å²) >= 11 is 0. The third kappa shape index (κ3) is 11.6. The molecule has 0 saturated carbocycles. The van der Waals surface area contributed by atoms with E-state index >= 15 is 0 Å². The molecule has 4 N–H and O–H groups in total. The largest absolute Gasteiger partial charge is 0.480 e. The van der Waals surface area contributed by atoms with Crippen LogP contribution in [0.25, 0.3) is 0 Å². The number of aliphatic carboxylic acids is 1. The van der Waals surface area contributed by atoms with Crippen LogP contribution in [0.15, 0.2) is 34.2 Å². The first-order valence-corrected chi connectivity index (χ1v) is 12.4. The number of benzene rings is 1. The molecule has 0 unspecified atom stereocenters. The highest BCUT2D eigenvalue weighted by Gasteiger charge is 2.23. The number of nitrogens with zero attached hydrogens (tertiary/aromatic N) is 1. The van der Waals surface area contributed by atoms with Gasteiger partial charge < -0.3 is 20.5 Å². The van der Waals surface area contributed by atoms with Crippen LogP contribution in [0.1, 0.15) is 58.9 Å². The zero-order valence-corrected chi connectivity index (χ0v) is 20.8. The second-order valence-electron chi connectivity index (χ2n) is 8.61. The van der Waals surface area contributed by atoms with E-state index in [2.05, 4.69) is 20.3 Å². The van der Waals surface area contributed by atoms with Crippen molar-refractivity contribution >= 4 is 28.0 Å². The summed E-state index contributed by atoms with van der Waals surface area (Å²) in [6.07, 6.45) is 1.34. The number of sulfonamides is 1. The molecule has 186 valence electrons. The number of carbonyl (C=O) groups excluding carboxylic acids is 1. The van der Waals surface area contributed by atoms with E-state index < -0.39 is 33.7 Å². The van der Waals surface area contributed by atoms with E-state index in [1.807, 2.05) is 13.8 Å². The summed E-state index contributed by atoms with van der Waals surface area (Å²) in [5.41, 5.74) is 0.197. The molecule has 1 rings (SSSR count). The number of alkyl carbamates (subject to hydrolysis) is 1. The van der Waals surface area contributed by atoms with Crippen LogP contribution < -0.4 is 15.4 Å². The first-order valence-electron chi connectivity index (χ1n) is 10.9. The highest BCUT2D eigenvalue weighted by molar-refractivity contribution is 7.90. The number of ether oxygens (including phenoxy) is 1. The van der Waals surface area contributed by atoms with Crippen LogP contribution in [-0.2, 0) is 19.6 Å². The monoisotopic (exact) mass is 484 g/mol. The molecule has 0 heterocycles. The molecule has 0 aliphatic heterocycles. The van der Waals surface area contributed by atoms with Gasteiger partial charge in [0.2, 0.25) is 5.96 Å². The smallest absolute Gasteiger partial charge is 0.408 e. The summed E-state index contributed by atoms with van der Waals surface area (Å²) in [6, 6.07) is 5.30. The van der Waals surface area contributed by atoms with Gasteiger partial charge in [0.05, 0.1) is 4.90 Å². The van der Waals surface area contributed by atoms with Gasteiger partial charge in [-0.1, -0.05) is 31.0 Å². The van der Waals surface area contributed by atoms with Crippen LogP contribution in [0.5, 0.6) is 0 Å². The van der Waals surface area contributed by atoms with Crippen LogP contribution >= 0.6 is 0 Å². The zero-order valence-electron chi connectivity index (χ0n) is 20.0. The summed E-state index contributed by atoms with van der Waals surface area (Å²) in [6.45, 7) is 9.61. The van der Waals surface area contributed by atoms with E-state index in [-0.39, 0.29) is 23.8 Å². The van der Waals surface area contributed by atoms with E-state index in [1.165, 1.54) is 12.1 Å². The Morgan fingerprint density at radius 1 is 1.15 bits per heavy atom. The molecule has 1 aromatic rings. The van der Waals surface area contributed by atoms with Gasteiger partial charge in [0.1, 0.15) is 11.6 Å². The molecule has 33 heavy (non-hydrogen) atoms. The third-order valence-corrected chi connectivity index (χ3v) is 5.65. The summed E-state index contributed by atoms with van der Waals surface area (Å²) in [5.74, 6) is -1.10. The molecular weight excluding hydrogens is 448 g/mol. The summed E-state index contributed by atoms with van der Waals surface area (Å²) in [4.78, 5) is 27.7. The van der Waals surface area contributed by atoms with Crippen molar-refractivity contribution in [1.82, 2.24) is 15.4 Å². The van der Waals surface area contributed by atoms with Crippen LogP contribution in [0.2, 0.25) is 0 Å². The third-order valence-electron chi connectivity index (χ3n) is 4.29. The first-order chi connectivity index (χ1) is 15.3. The van der Waals surface area contributed by atoms with Crippen molar-refractivity contribution in [3.05, 3.63) is 29.8 Å². The molecule has 11 heteroatoms. The summed E-state index contributed by atoms with van der Waals surface area (Å²) in [7, 11) is -3.82. The number of rotatable bonds is 11. The number of carboxylic acid groups (broad SMARTS) is 1. The Hall–Kier alpha value is -2.82. The van der Waals surface area contributed by atoms with Crippen LogP contribution in [0, 0.1) is 6.92 Å². The van der Waals surface area contributed by atoms with Crippen LogP contribution in [-0.4, -0.2) is 56.3 Å². The molecule has 1 aromatic carbocycles. The fraction of sp³-hybridized carbons (Fsp3) is 0.591. The Kier molecular flexibility index (Phi) is 11.1. The molecule has 0 saturated heterocycles. The summed E-state index contributed by atoms with van der Waals surface area (Å²) in [5, 5.41) is 14.7. The van der Waals surface area contributed by atoms with Gasteiger partial charge in [-0.05, 0) is 59.1 Å². The lowest BCUT2D eigenvalue weighted by Gasteiger charge is -2.21. The fourth-order valence-corrected chi connectivity index (χ4v) is 3.61. The van der Waals surface area contributed by atoms with Gasteiger partial charge in [0, 0.05) is 13.1 Å². The van der Waals surface area contributed by atoms with Gasteiger partial charge in [-0.3, -0.25) is 4.99 Å². The van der Waals surface area contributed by atoms with Crippen molar-refractivity contribution < 1.29 is 27.9 Å². The molecule has 0 aliphatic rings. The predicted molar refractivity (Wildman–Crippen MR) is 127 cm³/mol. The lowest BCUT2D eigenvalue weighted by molar-refractivity contribution is -0.139. The molecule has 0 aromatic heterocycles. The fourth-order valence-electron chi connectivity index (χ4n) is 2.60. The number of unbranched alkanes of at least 4 members (excludes halogenated alkanes) is 1. The van der Waals surface area contributed by atoms with Crippen molar-refractivity contribution in [1.29, 1.82) is 0 Å². The van der Waals surface area contributed by atoms with Crippen molar-refractivity contribution in [2.45, 2.75) is 76.8 Å². The maximum absolute atomic E-state index is 12.7. The standard InChI is InChI=1S/C22H36N4O6S/c1-6-7-14-23-20(26-33(30,31)17-12-10-16(2)11-13-17)24-15-8-9-18(19(27)28)25-21(29)32-22(3,4)5/h10-13,18H,6-9,14-15H2,1-5H3,(H,25,29)(H,27,28)(H2,23,24,26)/t18-/m0/s1. The van der Waals surface area contributed by atoms with Gasteiger partial charge in [0.15, 0.2) is 0 Å². The number of hydrogen-bond donors (Lipinski definition) is 4. The summed E-state index contributed by atoms with van der Waals surface area (Å²) < 4.78 is 32.9. The molecule has 0 fully saturated rings. The van der Waals surface area contributed by atoms with Gasteiger partial charge in [0.25, 0.3) is 10.0 Å². The minimum atomic E-state index is -3.82. The van der Waals surface area contributed by atoms with Crippen molar-refractivity contribution in [2.75, 3.05) is 13.1 Å². The molecule has 1 amide bonds. The number of aryl methyl sites for hydroxylation is 1. The Bertz CT molecular complexity index is 908. The second-order valence-corrected chi connectivity index (χ2v) is 10.3. The van der Waals surface area contributed by atoms with E-state index in [9.17, 15) is 23.1 Å². The molecule has 0 radical (unpaired) electrons. The van der Waals surface area contributed by atoms with Crippen LogP contribution in [0.4, 0.5) is 4.79 Å². The van der Waals surface area contributed by atoms with Crippen LogP contribution in [0.3, 0.4) is 0 Å². The van der Waals surface area contributed by atoms with E-state index in [1.54, 1.807) is 32.9 Å². The quantitative estimate of drug-likeness (QED) is 0.215. The van der Waals surface area contributed by atoms with Gasteiger partial charge >= 0.3 is 12.1 Å². The Morgan fingerprint density at radius 2 is 1.79 bits per heavy atom. The maximum atomic E-state index is 12.7. The molecule has 10 nitrogen and oxygen atoms in total. The Balaban J connectivity index is 2.78. The molecule has 0 spiro atoms. The Labute approximate surface area is 196 Å². The highest BCUT2D eigenvalue weighted by Crippen LogP contribution is 2.10. The van der Waals surface area contributed by atoms with E-state index in [4.69, 9.17) is 4.74 Å². The lowest BCUT2D eigenvalue weighted by Crippen LogP contribution is -2.43. The number of amides is 1. The number of hydrogen-bond acceptors (Lipinski definition) is 6. The lowest BCUT2D eigenvalue weighted by atomic mass is 10.1. The van der Waals surface area contributed by atoms with E-state index in [0.29, 0.717) is 13.0 Å². The average Bonchev–Trinajstić information content (AvgIpc) is 2.68. The zero-order chi connectivity index (χ0) is 25.1. The maximum Gasteiger partial charge on any atom is 0.408 e. The number of nitrogens with one attached hydrogen (secondary N) is 3. The minimum Gasteiger partial charge on any atom is -0.480 e. The van der Waals surface area contributed by atoms with Gasteiger partial charge in [-0.2, -0.15) is 0 Å². The predicted octanol–water partition coefficient (Wildman–Crippen LogP) is 2.78. The molecule has 1 atom stereocenters. The van der Waals surface area contributed by atoms with Gasteiger partial charge in [-0.15, -0.1) is 0 Å². The highest BCUT2D eigenvalue weighted by atomic mass is 32.2. The minimum absolute atomic E-state index is 0.0935. The Morgan fingerprint density at radius 3 is 2.33 bits per heavy atom. The van der Waals surface area contributed by atoms with E-state index in [0.717, 1.165) is 18.4 Å². The topological polar surface area (TPSA) is 146 Å². The second kappa shape index (κ2) is 13.0.